The lowest BCUT2D eigenvalue weighted by Gasteiger charge is -2.20. The Balaban J connectivity index is 2.29. The van der Waals surface area contributed by atoms with Gasteiger partial charge in [0.15, 0.2) is 0 Å². The van der Waals surface area contributed by atoms with E-state index in [0.717, 1.165) is 17.8 Å². The third-order valence-corrected chi connectivity index (χ3v) is 2.17. The van der Waals surface area contributed by atoms with Crippen LogP contribution in [0.1, 0.15) is 12.5 Å². The van der Waals surface area contributed by atoms with Crippen LogP contribution in [0.2, 0.25) is 0 Å². The molecule has 0 amide bonds. The SMILES string of the molecule is CCN1NN(N)C=C1c1ccccc1. The Labute approximate surface area is 83.5 Å². The number of benzene rings is 1. The molecule has 1 aromatic carbocycles. The van der Waals surface area contributed by atoms with Gasteiger partial charge >= 0.3 is 0 Å². The maximum atomic E-state index is 5.63. The summed E-state index contributed by atoms with van der Waals surface area (Å²) in [6, 6.07) is 10.2. The largest absolute Gasteiger partial charge is 0.288 e. The molecule has 0 radical (unpaired) electrons. The molecule has 0 fully saturated rings. The van der Waals surface area contributed by atoms with Crippen molar-refractivity contribution in [2.75, 3.05) is 6.54 Å². The van der Waals surface area contributed by atoms with Gasteiger partial charge in [-0.25, -0.2) is 11.0 Å². The number of hydrogen-bond donors (Lipinski definition) is 2. The first-order valence-electron chi connectivity index (χ1n) is 4.66. The van der Waals surface area contributed by atoms with Gasteiger partial charge in [0.05, 0.1) is 11.9 Å². The molecule has 0 unspecified atom stereocenters. The Kier molecular flexibility index (Phi) is 2.39. The van der Waals surface area contributed by atoms with Crippen LogP contribution in [-0.4, -0.2) is 16.7 Å². The zero-order chi connectivity index (χ0) is 9.97. The molecule has 4 nitrogen and oxygen atoms in total. The van der Waals surface area contributed by atoms with Gasteiger partial charge in [0, 0.05) is 12.1 Å². The fourth-order valence-corrected chi connectivity index (χ4v) is 1.50. The highest BCUT2D eigenvalue weighted by Gasteiger charge is 2.17. The minimum Gasteiger partial charge on any atom is -0.288 e. The first kappa shape index (κ1) is 9.05. The molecule has 1 heterocycles. The molecular formula is C10H14N4. The summed E-state index contributed by atoms with van der Waals surface area (Å²) in [5, 5.41) is 3.46. The maximum absolute atomic E-state index is 5.63. The van der Waals surface area contributed by atoms with Crippen LogP contribution in [0.4, 0.5) is 0 Å². The van der Waals surface area contributed by atoms with Crippen LogP contribution in [0.3, 0.4) is 0 Å². The van der Waals surface area contributed by atoms with E-state index in [4.69, 9.17) is 5.84 Å². The van der Waals surface area contributed by atoms with Crippen molar-refractivity contribution >= 4 is 5.70 Å². The molecule has 0 atom stereocenters. The van der Waals surface area contributed by atoms with Crippen molar-refractivity contribution in [2.24, 2.45) is 5.84 Å². The van der Waals surface area contributed by atoms with Crippen molar-refractivity contribution in [3.05, 3.63) is 42.1 Å². The van der Waals surface area contributed by atoms with E-state index in [9.17, 15) is 0 Å². The van der Waals surface area contributed by atoms with E-state index in [-0.39, 0.29) is 0 Å². The van der Waals surface area contributed by atoms with Gasteiger partial charge in [0.2, 0.25) is 0 Å². The predicted octanol–water partition coefficient (Wildman–Crippen LogP) is 0.916. The van der Waals surface area contributed by atoms with Gasteiger partial charge in [-0.05, 0) is 6.92 Å². The van der Waals surface area contributed by atoms with Gasteiger partial charge in [0.25, 0.3) is 0 Å². The Morgan fingerprint density at radius 3 is 2.64 bits per heavy atom. The molecule has 1 aromatic rings. The molecule has 1 aliphatic heterocycles. The Hall–Kier alpha value is -1.52. The smallest absolute Gasteiger partial charge is 0.0800 e. The molecule has 0 saturated heterocycles. The number of nitrogens with one attached hydrogen (secondary N) is 1. The highest BCUT2D eigenvalue weighted by atomic mass is 15.9. The molecule has 0 bridgehead atoms. The molecular weight excluding hydrogens is 176 g/mol. The summed E-state index contributed by atoms with van der Waals surface area (Å²) in [5.74, 6) is 5.63. The van der Waals surface area contributed by atoms with Gasteiger partial charge in [-0.2, -0.15) is 0 Å². The minimum absolute atomic E-state index is 0.869. The van der Waals surface area contributed by atoms with Gasteiger partial charge in [-0.1, -0.05) is 30.3 Å². The maximum Gasteiger partial charge on any atom is 0.0800 e. The number of nitrogens with two attached hydrogens (primary N) is 1. The standard InChI is InChI=1S/C10H14N4/c1-2-13-10(8-14(11)12-13)9-6-4-3-5-7-9/h3-8,12H,2,11H2,1H3. The fraction of sp³-hybridized carbons (Fsp3) is 0.200. The minimum atomic E-state index is 0.869. The molecule has 0 spiro atoms. The summed E-state index contributed by atoms with van der Waals surface area (Å²) < 4.78 is 0. The van der Waals surface area contributed by atoms with Gasteiger partial charge in [-0.3, -0.25) is 5.01 Å². The van der Waals surface area contributed by atoms with Crippen LogP contribution in [0, 0.1) is 0 Å². The second-order valence-corrected chi connectivity index (χ2v) is 3.13. The molecule has 3 N–H and O–H groups in total. The average molecular weight is 190 g/mol. The summed E-state index contributed by atoms with van der Waals surface area (Å²) in [6.45, 7) is 2.94. The van der Waals surface area contributed by atoms with E-state index in [1.54, 1.807) is 0 Å². The summed E-state index contributed by atoms with van der Waals surface area (Å²) >= 11 is 0. The average Bonchev–Trinajstić information content (AvgIpc) is 2.61. The highest BCUT2D eigenvalue weighted by molar-refractivity contribution is 5.64. The van der Waals surface area contributed by atoms with Crippen LogP contribution in [0.5, 0.6) is 0 Å². The third-order valence-electron chi connectivity index (χ3n) is 2.17. The van der Waals surface area contributed by atoms with Crippen LogP contribution in [0.25, 0.3) is 5.70 Å². The second-order valence-electron chi connectivity index (χ2n) is 3.13. The van der Waals surface area contributed by atoms with Crippen molar-refractivity contribution in [3.8, 4) is 0 Å². The van der Waals surface area contributed by atoms with E-state index >= 15 is 0 Å². The van der Waals surface area contributed by atoms with Crippen LogP contribution in [-0.2, 0) is 0 Å². The van der Waals surface area contributed by atoms with Crippen molar-refractivity contribution in [1.82, 2.24) is 15.7 Å². The summed E-state index contributed by atoms with van der Waals surface area (Å²) in [4.78, 5) is 0. The lowest BCUT2D eigenvalue weighted by atomic mass is 10.1. The van der Waals surface area contributed by atoms with Crippen molar-refractivity contribution in [1.29, 1.82) is 0 Å². The summed E-state index contributed by atoms with van der Waals surface area (Å²) in [5.41, 5.74) is 5.26. The lowest BCUT2D eigenvalue weighted by Crippen LogP contribution is -2.43. The van der Waals surface area contributed by atoms with Crippen LogP contribution < -0.4 is 11.4 Å². The molecule has 74 valence electrons. The highest BCUT2D eigenvalue weighted by Crippen LogP contribution is 2.20. The zero-order valence-electron chi connectivity index (χ0n) is 8.14. The third kappa shape index (κ3) is 1.57. The second kappa shape index (κ2) is 3.69. The van der Waals surface area contributed by atoms with Gasteiger partial charge in [-0.15, -0.1) is 5.53 Å². The molecule has 4 heteroatoms. The lowest BCUT2D eigenvalue weighted by molar-refractivity contribution is 0.151. The van der Waals surface area contributed by atoms with E-state index in [2.05, 4.69) is 24.6 Å². The van der Waals surface area contributed by atoms with Crippen molar-refractivity contribution in [2.45, 2.75) is 6.92 Å². The normalized spacial score (nSPS) is 16.0. The van der Waals surface area contributed by atoms with Crippen molar-refractivity contribution in [3.63, 3.8) is 0 Å². The number of hydrazine groups is 3. The van der Waals surface area contributed by atoms with E-state index in [0.29, 0.717) is 0 Å². The van der Waals surface area contributed by atoms with Gasteiger partial charge < -0.3 is 0 Å². The van der Waals surface area contributed by atoms with Gasteiger partial charge in [0.1, 0.15) is 0 Å². The Morgan fingerprint density at radius 2 is 2.00 bits per heavy atom. The van der Waals surface area contributed by atoms with E-state index in [1.165, 1.54) is 5.12 Å². The van der Waals surface area contributed by atoms with Crippen molar-refractivity contribution < 1.29 is 0 Å². The summed E-state index contributed by atoms with van der Waals surface area (Å²) in [6.07, 6.45) is 1.87. The fourth-order valence-electron chi connectivity index (χ4n) is 1.50. The number of rotatable bonds is 2. The number of hydrogen-bond acceptors (Lipinski definition) is 4. The molecule has 1 aliphatic rings. The molecule has 0 saturated carbocycles. The van der Waals surface area contributed by atoms with Crippen LogP contribution in [0.15, 0.2) is 36.5 Å². The van der Waals surface area contributed by atoms with E-state index < -0.39 is 0 Å². The van der Waals surface area contributed by atoms with Crippen LogP contribution >= 0.6 is 0 Å². The quantitative estimate of drug-likeness (QED) is 0.681. The molecule has 2 rings (SSSR count). The zero-order valence-corrected chi connectivity index (χ0v) is 8.14. The molecule has 0 aromatic heterocycles. The first-order chi connectivity index (χ1) is 6.81. The monoisotopic (exact) mass is 190 g/mol. The summed E-state index contributed by atoms with van der Waals surface area (Å²) in [7, 11) is 0. The number of nitrogens with zero attached hydrogens (tertiary/aromatic N) is 2. The Bertz CT molecular complexity index is 333. The molecule has 0 aliphatic carbocycles. The predicted molar refractivity (Wildman–Crippen MR) is 56.0 cm³/mol. The van der Waals surface area contributed by atoms with E-state index in [1.807, 2.05) is 29.4 Å². The first-order valence-corrected chi connectivity index (χ1v) is 4.66. The topological polar surface area (TPSA) is 44.5 Å². The molecule has 14 heavy (non-hydrogen) atoms. The Morgan fingerprint density at radius 1 is 1.29 bits per heavy atom.